The fourth-order valence-corrected chi connectivity index (χ4v) is 3.09. The van der Waals surface area contributed by atoms with Crippen LogP contribution in [0.4, 0.5) is 0 Å². The molecule has 0 saturated heterocycles. The summed E-state index contributed by atoms with van der Waals surface area (Å²) in [6.45, 7) is 3.12. The Morgan fingerprint density at radius 3 is 2.56 bits per heavy atom. The van der Waals surface area contributed by atoms with Gasteiger partial charge in [0, 0.05) is 22.6 Å². The van der Waals surface area contributed by atoms with Gasteiger partial charge in [0.1, 0.15) is 0 Å². The lowest BCUT2D eigenvalue weighted by atomic mass is 9.84. The van der Waals surface area contributed by atoms with E-state index < -0.39 is 0 Å². The molecular formula is C15H21Cl2N. The molecule has 1 aliphatic carbocycles. The van der Waals surface area contributed by atoms with Crippen molar-refractivity contribution < 1.29 is 0 Å². The first-order chi connectivity index (χ1) is 8.69. The number of nitrogens with one attached hydrogen (secondary N) is 1. The fraction of sp³-hybridized carbons (Fsp3) is 0.600. The molecule has 100 valence electrons. The van der Waals surface area contributed by atoms with E-state index in [4.69, 9.17) is 23.2 Å². The molecule has 0 amide bonds. The normalized spacial score (nSPS) is 24.2. The molecule has 0 spiro atoms. The monoisotopic (exact) mass is 285 g/mol. The Hall–Kier alpha value is -0.240. The highest BCUT2D eigenvalue weighted by atomic mass is 35.5. The van der Waals surface area contributed by atoms with Gasteiger partial charge in [-0.15, -0.1) is 0 Å². The van der Waals surface area contributed by atoms with Crippen LogP contribution in [0.5, 0.6) is 0 Å². The second kappa shape index (κ2) is 6.79. The molecular weight excluding hydrogens is 265 g/mol. The molecule has 0 heterocycles. The van der Waals surface area contributed by atoms with E-state index in [1.807, 2.05) is 18.2 Å². The minimum atomic E-state index is 0.642. The van der Waals surface area contributed by atoms with E-state index in [0.29, 0.717) is 6.04 Å². The minimum absolute atomic E-state index is 0.642. The van der Waals surface area contributed by atoms with Crippen LogP contribution in [-0.2, 0) is 6.54 Å². The third kappa shape index (κ3) is 3.88. The summed E-state index contributed by atoms with van der Waals surface area (Å²) in [6, 6.07) is 6.30. The van der Waals surface area contributed by atoms with E-state index in [-0.39, 0.29) is 0 Å². The molecule has 0 aromatic heterocycles. The second-order valence-electron chi connectivity index (χ2n) is 5.24. The quantitative estimate of drug-likeness (QED) is 0.816. The van der Waals surface area contributed by atoms with Gasteiger partial charge in [-0.3, -0.25) is 0 Å². The van der Waals surface area contributed by atoms with Crippen molar-refractivity contribution in [3.8, 4) is 0 Å². The molecule has 0 aliphatic heterocycles. The summed E-state index contributed by atoms with van der Waals surface area (Å²) >= 11 is 12.2. The Bertz CT molecular complexity index is 384. The molecule has 1 aliphatic rings. The third-order valence-corrected chi connectivity index (χ3v) is 4.62. The molecule has 0 radical (unpaired) electrons. The van der Waals surface area contributed by atoms with Crippen molar-refractivity contribution in [1.29, 1.82) is 0 Å². The molecule has 18 heavy (non-hydrogen) atoms. The van der Waals surface area contributed by atoms with Gasteiger partial charge in [-0.05, 0) is 55.4 Å². The molecule has 1 N–H and O–H groups in total. The maximum Gasteiger partial charge on any atom is 0.0451 e. The number of hydrogen-bond donors (Lipinski definition) is 1. The van der Waals surface area contributed by atoms with Gasteiger partial charge in [-0.2, -0.15) is 0 Å². The highest BCUT2D eigenvalue weighted by Crippen LogP contribution is 2.27. The second-order valence-corrected chi connectivity index (χ2v) is 6.09. The molecule has 1 aromatic carbocycles. The van der Waals surface area contributed by atoms with Crippen molar-refractivity contribution >= 4 is 23.2 Å². The van der Waals surface area contributed by atoms with E-state index in [9.17, 15) is 0 Å². The number of benzene rings is 1. The summed E-state index contributed by atoms with van der Waals surface area (Å²) in [6.07, 6.45) is 6.62. The number of hydrogen-bond acceptors (Lipinski definition) is 1. The van der Waals surface area contributed by atoms with Crippen LogP contribution in [0.25, 0.3) is 0 Å². The summed E-state index contributed by atoms with van der Waals surface area (Å²) in [5.41, 5.74) is 1.10. The fourth-order valence-electron chi connectivity index (χ4n) is 2.71. The lowest BCUT2D eigenvalue weighted by molar-refractivity contribution is 0.285. The largest absolute Gasteiger partial charge is 0.310 e. The molecule has 1 aromatic rings. The zero-order chi connectivity index (χ0) is 13.0. The molecule has 0 bridgehead atoms. The van der Waals surface area contributed by atoms with Crippen molar-refractivity contribution in [3.05, 3.63) is 33.8 Å². The Balaban J connectivity index is 1.83. The van der Waals surface area contributed by atoms with Gasteiger partial charge in [0.2, 0.25) is 0 Å². The van der Waals surface area contributed by atoms with E-state index in [0.717, 1.165) is 28.1 Å². The van der Waals surface area contributed by atoms with Crippen molar-refractivity contribution in [2.24, 2.45) is 5.92 Å². The van der Waals surface area contributed by atoms with E-state index >= 15 is 0 Å². The van der Waals surface area contributed by atoms with Crippen molar-refractivity contribution in [2.45, 2.75) is 51.6 Å². The van der Waals surface area contributed by atoms with Crippen molar-refractivity contribution in [2.75, 3.05) is 0 Å². The van der Waals surface area contributed by atoms with E-state index in [1.165, 1.54) is 32.1 Å². The first-order valence-corrected chi connectivity index (χ1v) is 7.62. The highest BCUT2D eigenvalue weighted by molar-refractivity contribution is 6.33. The summed E-state index contributed by atoms with van der Waals surface area (Å²) in [7, 11) is 0. The Morgan fingerprint density at radius 2 is 1.89 bits per heavy atom. The molecule has 2 rings (SSSR count). The molecule has 1 saturated carbocycles. The van der Waals surface area contributed by atoms with Crippen LogP contribution in [0.15, 0.2) is 18.2 Å². The predicted octanol–water partition coefficient (Wildman–Crippen LogP) is 5.05. The van der Waals surface area contributed by atoms with Crippen LogP contribution in [0.3, 0.4) is 0 Å². The third-order valence-electron chi connectivity index (χ3n) is 4.01. The molecule has 1 nitrogen and oxygen atoms in total. The summed E-state index contributed by atoms with van der Waals surface area (Å²) < 4.78 is 0. The first-order valence-electron chi connectivity index (χ1n) is 6.86. The summed E-state index contributed by atoms with van der Waals surface area (Å²) in [4.78, 5) is 0. The van der Waals surface area contributed by atoms with Crippen LogP contribution >= 0.6 is 23.2 Å². The average Bonchev–Trinajstić information content (AvgIpc) is 2.40. The average molecular weight is 286 g/mol. The molecule has 3 heteroatoms. The molecule has 0 unspecified atom stereocenters. The zero-order valence-electron chi connectivity index (χ0n) is 10.9. The summed E-state index contributed by atoms with van der Waals surface area (Å²) in [5.74, 6) is 0.942. The van der Waals surface area contributed by atoms with Gasteiger partial charge < -0.3 is 5.32 Å². The zero-order valence-corrected chi connectivity index (χ0v) is 12.4. The SMILES string of the molecule is CCC1CCC(NCc2cc(Cl)ccc2Cl)CC1. The van der Waals surface area contributed by atoms with Crippen LogP contribution in [0.1, 0.15) is 44.6 Å². The lowest BCUT2D eigenvalue weighted by Gasteiger charge is -2.28. The van der Waals surface area contributed by atoms with Gasteiger partial charge in [-0.25, -0.2) is 0 Å². The van der Waals surface area contributed by atoms with E-state index in [2.05, 4.69) is 12.2 Å². The maximum atomic E-state index is 6.16. The molecule has 0 atom stereocenters. The highest BCUT2D eigenvalue weighted by Gasteiger charge is 2.19. The maximum absolute atomic E-state index is 6.16. The van der Waals surface area contributed by atoms with Gasteiger partial charge in [0.15, 0.2) is 0 Å². The predicted molar refractivity (Wildman–Crippen MR) is 79.3 cm³/mol. The van der Waals surface area contributed by atoms with Crippen molar-refractivity contribution in [1.82, 2.24) is 5.32 Å². The van der Waals surface area contributed by atoms with E-state index in [1.54, 1.807) is 0 Å². The van der Waals surface area contributed by atoms with Gasteiger partial charge in [0.25, 0.3) is 0 Å². The Morgan fingerprint density at radius 1 is 1.17 bits per heavy atom. The number of rotatable bonds is 4. The Labute approximate surface area is 120 Å². The van der Waals surface area contributed by atoms with Gasteiger partial charge >= 0.3 is 0 Å². The van der Waals surface area contributed by atoms with Crippen molar-refractivity contribution in [3.63, 3.8) is 0 Å². The van der Waals surface area contributed by atoms with Crippen LogP contribution < -0.4 is 5.32 Å². The standard InChI is InChI=1S/C15H21Cl2N/c1-2-11-3-6-14(7-4-11)18-10-12-9-13(16)5-8-15(12)17/h5,8-9,11,14,18H,2-4,6-7,10H2,1H3. The molecule has 1 fully saturated rings. The smallest absolute Gasteiger partial charge is 0.0451 e. The van der Waals surface area contributed by atoms with Gasteiger partial charge in [-0.1, -0.05) is 36.5 Å². The van der Waals surface area contributed by atoms with Gasteiger partial charge in [0.05, 0.1) is 0 Å². The van der Waals surface area contributed by atoms with Crippen LogP contribution in [0, 0.1) is 5.92 Å². The minimum Gasteiger partial charge on any atom is -0.310 e. The first kappa shape index (κ1) is 14.2. The lowest BCUT2D eigenvalue weighted by Crippen LogP contribution is -2.32. The Kier molecular flexibility index (Phi) is 5.35. The number of halogens is 2. The van der Waals surface area contributed by atoms with Crippen LogP contribution in [-0.4, -0.2) is 6.04 Å². The topological polar surface area (TPSA) is 12.0 Å². The summed E-state index contributed by atoms with van der Waals surface area (Å²) in [5, 5.41) is 5.16. The van der Waals surface area contributed by atoms with Crippen LogP contribution in [0.2, 0.25) is 10.0 Å².